The number of halogens is 4. The lowest BCUT2D eigenvalue weighted by molar-refractivity contribution is -0.137. The lowest BCUT2D eigenvalue weighted by Gasteiger charge is -2.16. The number of hydrogen-bond acceptors (Lipinski definition) is 5. The smallest absolute Gasteiger partial charge is 0.337 e. The Balaban J connectivity index is 2.01. The summed E-state index contributed by atoms with van der Waals surface area (Å²) in [5.74, 6) is 0.935. The van der Waals surface area contributed by atoms with E-state index < -0.39 is 11.7 Å². The van der Waals surface area contributed by atoms with Crippen molar-refractivity contribution in [3.05, 3.63) is 34.1 Å². The van der Waals surface area contributed by atoms with Gasteiger partial charge in [-0.15, -0.1) is 5.10 Å². The Morgan fingerprint density at radius 1 is 1.14 bits per heavy atom. The van der Waals surface area contributed by atoms with Gasteiger partial charge in [0.15, 0.2) is 17.0 Å². The Labute approximate surface area is 175 Å². The van der Waals surface area contributed by atoms with Crippen molar-refractivity contribution in [3.63, 3.8) is 0 Å². The molecule has 0 aliphatic rings. The summed E-state index contributed by atoms with van der Waals surface area (Å²) in [4.78, 5) is 8.91. The Morgan fingerprint density at radius 3 is 2.41 bits per heavy atom. The lowest BCUT2D eigenvalue weighted by atomic mass is 10.1. The highest BCUT2D eigenvalue weighted by Gasteiger charge is 2.31. The predicted octanol–water partition coefficient (Wildman–Crippen LogP) is 6.20. The van der Waals surface area contributed by atoms with Crippen LogP contribution in [0.25, 0.3) is 11.2 Å². The average Bonchev–Trinajstić information content (AvgIpc) is 3.06. The summed E-state index contributed by atoms with van der Waals surface area (Å²) < 4.78 is 40.8. The zero-order chi connectivity index (χ0) is 21.2. The third kappa shape index (κ3) is 4.68. The fourth-order valence-corrected chi connectivity index (χ4v) is 3.73. The van der Waals surface area contributed by atoms with Crippen LogP contribution in [-0.2, 0) is 6.18 Å². The Bertz CT molecular complexity index is 996. The summed E-state index contributed by atoms with van der Waals surface area (Å²) in [7, 11) is 0. The zero-order valence-corrected chi connectivity index (χ0v) is 18.0. The number of hydrogen-bond donors (Lipinski definition) is 1. The molecule has 0 saturated heterocycles. The van der Waals surface area contributed by atoms with E-state index in [9.17, 15) is 13.2 Å². The highest BCUT2D eigenvalue weighted by Crippen LogP contribution is 2.35. The van der Waals surface area contributed by atoms with Crippen molar-refractivity contribution in [2.24, 2.45) is 0 Å². The largest absolute Gasteiger partial charge is 0.416 e. The SMILES string of the molecule is CCCC(CCC)n1nnc2c(Nc3ccc(C(F)(F)F)cc3Br)nc(C)nc21. The second-order valence-corrected chi connectivity index (χ2v) is 7.73. The van der Waals surface area contributed by atoms with Crippen LogP contribution in [-0.4, -0.2) is 25.0 Å². The number of anilines is 2. The molecule has 156 valence electrons. The topological polar surface area (TPSA) is 68.5 Å². The summed E-state index contributed by atoms with van der Waals surface area (Å²) in [6.07, 6.45) is -0.458. The number of benzene rings is 1. The fraction of sp³-hybridized carbons (Fsp3) is 0.474. The summed E-state index contributed by atoms with van der Waals surface area (Å²) in [6, 6.07) is 3.60. The van der Waals surface area contributed by atoms with Gasteiger partial charge in [-0.2, -0.15) is 13.2 Å². The quantitative estimate of drug-likeness (QED) is 0.445. The van der Waals surface area contributed by atoms with E-state index in [1.54, 1.807) is 6.92 Å². The normalized spacial score (nSPS) is 12.1. The summed E-state index contributed by atoms with van der Waals surface area (Å²) in [5, 5.41) is 11.6. The van der Waals surface area contributed by atoms with Crippen LogP contribution in [0, 0.1) is 6.92 Å². The molecule has 0 atom stereocenters. The van der Waals surface area contributed by atoms with Gasteiger partial charge in [0.05, 0.1) is 17.3 Å². The molecule has 29 heavy (non-hydrogen) atoms. The monoisotopic (exact) mass is 470 g/mol. The number of alkyl halides is 3. The minimum atomic E-state index is -4.41. The first-order valence-electron chi connectivity index (χ1n) is 9.47. The van der Waals surface area contributed by atoms with Gasteiger partial charge in [0.2, 0.25) is 0 Å². The molecule has 10 heteroatoms. The third-order valence-corrected chi connectivity index (χ3v) is 5.23. The van der Waals surface area contributed by atoms with Crippen LogP contribution < -0.4 is 5.32 Å². The van der Waals surface area contributed by atoms with Crippen LogP contribution in [0.3, 0.4) is 0 Å². The van der Waals surface area contributed by atoms with E-state index >= 15 is 0 Å². The summed E-state index contributed by atoms with van der Waals surface area (Å²) in [6.45, 7) is 6.01. The Kier molecular flexibility index (Phi) is 6.40. The van der Waals surface area contributed by atoms with Crippen molar-refractivity contribution in [1.29, 1.82) is 0 Å². The molecule has 2 heterocycles. The van der Waals surface area contributed by atoms with Gasteiger partial charge < -0.3 is 5.32 Å². The maximum atomic E-state index is 12.9. The highest BCUT2D eigenvalue weighted by atomic mass is 79.9. The van der Waals surface area contributed by atoms with Gasteiger partial charge in [-0.1, -0.05) is 31.9 Å². The lowest BCUT2D eigenvalue weighted by Crippen LogP contribution is -2.12. The molecule has 3 rings (SSSR count). The van der Waals surface area contributed by atoms with Crippen LogP contribution in [0.15, 0.2) is 22.7 Å². The van der Waals surface area contributed by atoms with Crippen LogP contribution >= 0.6 is 15.9 Å². The van der Waals surface area contributed by atoms with Gasteiger partial charge in [0, 0.05) is 4.47 Å². The summed E-state index contributed by atoms with van der Waals surface area (Å²) in [5.41, 5.74) is 0.826. The van der Waals surface area contributed by atoms with Gasteiger partial charge in [-0.3, -0.25) is 0 Å². The Hall–Kier alpha value is -2.23. The molecule has 0 radical (unpaired) electrons. The maximum absolute atomic E-state index is 12.9. The molecule has 0 aliphatic heterocycles. The van der Waals surface area contributed by atoms with Crippen LogP contribution in [0.4, 0.5) is 24.7 Å². The molecule has 1 aromatic carbocycles. The second-order valence-electron chi connectivity index (χ2n) is 6.87. The van der Waals surface area contributed by atoms with Crippen molar-refractivity contribution in [2.75, 3.05) is 5.32 Å². The minimum Gasteiger partial charge on any atom is -0.337 e. The molecule has 0 bridgehead atoms. The van der Waals surface area contributed by atoms with E-state index in [1.165, 1.54) is 6.07 Å². The molecule has 0 unspecified atom stereocenters. The standard InChI is InChI=1S/C19H22BrF3N6/c1-4-6-13(7-5-2)29-18-16(27-28-29)17(24-11(3)25-18)26-15-9-8-12(10-14(15)20)19(21,22)23/h8-10,13H,4-7H2,1-3H3,(H,24,25,26). The summed E-state index contributed by atoms with van der Waals surface area (Å²) >= 11 is 3.20. The molecule has 1 N–H and O–H groups in total. The van der Waals surface area contributed by atoms with Gasteiger partial charge in [-0.05, 0) is 53.9 Å². The van der Waals surface area contributed by atoms with E-state index in [0.29, 0.717) is 28.5 Å². The van der Waals surface area contributed by atoms with E-state index in [4.69, 9.17) is 0 Å². The molecule has 0 fully saturated rings. The molecule has 2 aromatic heterocycles. The van der Waals surface area contributed by atoms with E-state index in [0.717, 1.165) is 37.8 Å². The van der Waals surface area contributed by atoms with E-state index in [-0.39, 0.29) is 10.5 Å². The number of aryl methyl sites for hydroxylation is 1. The van der Waals surface area contributed by atoms with Gasteiger partial charge in [0.1, 0.15) is 5.82 Å². The maximum Gasteiger partial charge on any atom is 0.416 e. The Morgan fingerprint density at radius 2 is 1.83 bits per heavy atom. The molecule has 0 saturated carbocycles. The molecular weight excluding hydrogens is 449 g/mol. The van der Waals surface area contributed by atoms with Gasteiger partial charge >= 0.3 is 6.18 Å². The molecule has 6 nitrogen and oxygen atoms in total. The van der Waals surface area contributed by atoms with E-state index in [1.807, 2.05) is 4.68 Å². The number of aromatic nitrogens is 5. The predicted molar refractivity (Wildman–Crippen MR) is 109 cm³/mol. The van der Waals surface area contributed by atoms with Gasteiger partial charge in [-0.25, -0.2) is 14.6 Å². The first-order valence-corrected chi connectivity index (χ1v) is 10.3. The van der Waals surface area contributed by atoms with Crippen molar-refractivity contribution < 1.29 is 13.2 Å². The average molecular weight is 471 g/mol. The van der Waals surface area contributed by atoms with E-state index in [2.05, 4.69) is 55.4 Å². The first-order chi connectivity index (χ1) is 13.7. The number of rotatable bonds is 7. The highest BCUT2D eigenvalue weighted by molar-refractivity contribution is 9.10. The van der Waals surface area contributed by atoms with Crippen LogP contribution in [0.1, 0.15) is 57.0 Å². The van der Waals surface area contributed by atoms with Crippen molar-refractivity contribution in [2.45, 2.75) is 58.7 Å². The zero-order valence-electron chi connectivity index (χ0n) is 16.4. The number of fused-ring (bicyclic) bond motifs is 1. The second kappa shape index (κ2) is 8.64. The van der Waals surface area contributed by atoms with Gasteiger partial charge in [0.25, 0.3) is 0 Å². The first kappa shape index (κ1) is 21.5. The number of nitrogens with one attached hydrogen (secondary N) is 1. The van der Waals surface area contributed by atoms with Crippen molar-refractivity contribution in [1.82, 2.24) is 25.0 Å². The molecule has 0 spiro atoms. The van der Waals surface area contributed by atoms with Crippen molar-refractivity contribution >= 4 is 38.6 Å². The molecule has 0 amide bonds. The minimum absolute atomic E-state index is 0.190. The molecular formula is C19H22BrF3N6. The van der Waals surface area contributed by atoms with Crippen LogP contribution in [0.5, 0.6) is 0 Å². The molecule has 3 aromatic rings. The third-order valence-electron chi connectivity index (χ3n) is 4.57. The molecule has 0 aliphatic carbocycles. The number of nitrogens with zero attached hydrogens (tertiary/aromatic N) is 5. The van der Waals surface area contributed by atoms with Crippen molar-refractivity contribution in [3.8, 4) is 0 Å². The fourth-order valence-electron chi connectivity index (χ4n) is 3.25. The van der Waals surface area contributed by atoms with Crippen LogP contribution in [0.2, 0.25) is 0 Å².